The summed E-state index contributed by atoms with van der Waals surface area (Å²) in [5.74, 6) is -0.00699. The van der Waals surface area contributed by atoms with E-state index >= 15 is 0 Å². The second-order valence-corrected chi connectivity index (χ2v) is 7.15. The van der Waals surface area contributed by atoms with Gasteiger partial charge in [-0.05, 0) is 26.0 Å². The molecule has 0 radical (unpaired) electrons. The molecular formula is C16H23ClN2O2. The lowest BCUT2D eigenvalue weighted by molar-refractivity contribution is -0.0387. The van der Waals surface area contributed by atoms with E-state index in [1.54, 1.807) is 6.07 Å². The standard InChI is InChI=1S/C16H23ClN2O2/c1-10-9-21-11(2)8-19(10)15(20)12-6-13(16(3,4)5)18-14(17)7-12/h6-7,10-11H,8-9H2,1-5H3. The van der Waals surface area contributed by atoms with Crippen LogP contribution in [0.1, 0.15) is 50.7 Å². The van der Waals surface area contributed by atoms with Gasteiger partial charge in [-0.1, -0.05) is 32.4 Å². The molecular weight excluding hydrogens is 288 g/mol. The molecule has 1 aliphatic rings. The van der Waals surface area contributed by atoms with Crippen LogP contribution in [0.5, 0.6) is 0 Å². The topological polar surface area (TPSA) is 42.4 Å². The van der Waals surface area contributed by atoms with Crippen molar-refractivity contribution in [1.29, 1.82) is 0 Å². The maximum atomic E-state index is 12.8. The van der Waals surface area contributed by atoms with E-state index in [0.29, 0.717) is 23.9 Å². The summed E-state index contributed by atoms with van der Waals surface area (Å²) in [7, 11) is 0. The van der Waals surface area contributed by atoms with Crippen LogP contribution in [0.2, 0.25) is 5.15 Å². The van der Waals surface area contributed by atoms with E-state index in [-0.39, 0.29) is 23.5 Å². The number of aromatic nitrogens is 1. The Morgan fingerprint density at radius 1 is 1.38 bits per heavy atom. The molecule has 2 unspecified atom stereocenters. The smallest absolute Gasteiger partial charge is 0.254 e. The van der Waals surface area contributed by atoms with Gasteiger partial charge in [0.05, 0.1) is 18.8 Å². The van der Waals surface area contributed by atoms with Crippen LogP contribution in [0.25, 0.3) is 0 Å². The third kappa shape index (κ3) is 3.74. The first-order valence-electron chi connectivity index (χ1n) is 7.29. The highest BCUT2D eigenvalue weighted by Crippen LogP contribution is 2.25. The van der Waals surface area contributed by atoms with Gasteiger partial charge in [0.15, 0.2) is 0 Å². The first-order valence-corrected chi connectivity index (χ1v) is 7.67. The van der Waals surface area contributed by atoms with Crippen molar-refractivity contribution in [3.8, 4) is 0 Å². The molecule has 0 bridgehead atoms. The van der Waals surface area contributed by atoms with E-state index in [9.17, 15) is 4.79 Å². The number of pyridine rings is 1. The Morgan fingerprint density at radius 2 is 2.05 bits per heavy atom. The number of amides is 1. The van der Waals surface area contributed by atoms with Gasteiger partial charge in [-0.25, -0.2) is 4.98 Å². The normalized spacial score (nSPS) is 23.2. The van der Waals surface area contributed by atoms with Crippen molar-refractivity contribution in [3.63, 3.8) is 0 Å². The maximum Gasteiger partial charge on any atom is 0.254 e. The third-order valence-electron chi connectivity index (χ3n) is 3.68. The Morgan fingerprint density at radius 3 is 2.67 bits per heavy atom. The van der Waals surface area contributed by atoms with Gasteiger partial charge in [0.1, 0.15) is 5.15 Å². The monoisotopic (exact) mass is 310 g/mol. The average molecular weight is 311 g/mol. The molecule has 1 amide bonds. The average Bonchev–Trinajstić information content (AvgIpc) is 2.39. The molecule has 0 spiro atoms. The van der Waals surface area contributed by atoms with Crippen LogP contribution in [-0.4, -0.2) is 41.1 Å². The molecule has 2 heterocycles. The molecule has 1 aromatic rings. The molecule has 0 saturated carbocycles. The van der Waals surface area contributed by atoms with Gasteiger partial charge in [0, 0.05) is 23.2 Å². The molecule has 5 heteroatoms. The number of hydrogen-bond acceptors (Lipinski definition) is 3. The second-order valence-electron chi connectivity index (χ2n) is 6.76. The number of nitrogens with zero attached hydrogens (tertiary/aromatic N) is 2. The zero-order chi connectivity index (χ0) is 15.8. The quantitative estimate of drug-likeness (QED) is 0.748. The summed E-state index contributed by atoms with van der Waals surface area (Å²) in [4.78, 5) is 19.0. The summed E-state index contributed by atoms with van der Waals surface area (Å²) in [6.07, 6.45) is 0.0598. The fourth-order valence-electron chi connectivity index (χ4n) is 2.36. The summed E-state index contributed by atoms with van der Waals surface area (Å²) in [5, 5.41) is 0.361. The first kappa shape index (κ1) is 16.2. The minimum Gasteiger partial charge on any atom is -0.375 e. The summed E-state index contributed by atoms with van der Waals surface area (Å²) >= 11 is 6.10. The fraction of sp³-hybridized carbons (Fsp3) is 0.625. The Hall–Kier alpha value is -1.13. The molecule has 116 valence electrons. The zero-order valence-electron chi connectivity index (χ0n) is 13.3. The second kappa shape index (κ2) is 5.93. The van der Waals surface area contributed by atoms with Crippen molar-refractivity contribution in [1.82, 2.24) is 9.88 Å². The van der Waals surface area contributed by atoms with Crippen molar-refractivity contribution >= 4 is 17.5 Å². The molecule has 1 aromatic heterocycles. The molecule has 0 aromatic carbocycles. The molecule has 21 heavy (non-hydrogen) atoms. The minimum atomic E-state index is -0.149. The van der Waals surface area contributed by atoms with Gasteiger partial charge in [-0.3, -0.25) is 4.79 Å². The van der Waals surface area contributed by atoms with Crippen LogP contribution in [0, 0.1) is 0 Å². The van der Waals surface area contributed by atoms with Crippen molar-refractivity contribution < 1.29 is 9.53 Å². The number of rotatable bonds is 1. The Bertz CT molecular complexity index is 540. The van der Waals surface area contributed by atoms with Crippen LogP contribution in [0.4, 0.5) is 0 Å². The van der Waals surface area contributed by atoms with Crippen LogP contribution in [0.3, 0.4) is 0 Å². The highest BCUT2D eigenvalue weighted by atomic mass is 35.5. The molecule has 4 nitrogen and oxygen atoms in total. The number of halogens is 1. The van der Waals surface area contributed by atoms with Crippen LogP contribution >= 0.6 is 11.6 Å². The lowest BCUT2D eigenvalue weighted by atomic mass is 9.90. The lowest BCUT2D eigenvalue weighted by Gasteiger charge is -2.37. The summed E-state index contributed by atoms with van der Waals surface area (Å²) < 4.78 is 5.58. The Labute approximate surface area is 131 Å². The predicted octanol–water partition coefficient (Wildman–Crippen LogP) is 3.28. The van der Waals surface area contributed by atoms with Crippen molar-refractivity contribution in [2.75, 3.05) is 13.2 Å². The SMILES string of the molecule is CC1CN(C(=O)c2cc(Cl)nc(C(C)(C)C)c2)C(C)CO1. The number of ether oxygens (including phenoxy) is 1. The predicted molar refractivity (Wildman–Crippen MR) is 83.9 cm³/mol. The minimum absolute atomic E-state index is 0.00699. The van der Waals surface area contributed by atoms with Gasteiger partial charge in [0.25, 0.3) is 5.91 Å². The summed E-state index contributed by atoms with van der Waals surface area (Å²) in [6, 6.07) is 3.56. The number of carbonyl (C=O) groups excluding carboxylic acids is 1. The van der Waals surface area contributed by atoms with Gasteiger partial charge < -0.3 is 9.64 Å². The van der Waals surface area contributed by atoms with Gasteiger partial charge in [-0.15, -0.1) is 0 Å². The lowest BCUT2D eigenvalue weighted by Crippen LogP contribution is -2.50. The highest BCUT2D eigenvalue weighted by Gasteiger charge is 2.29. The fourth-order valence-corrected chi connectivity index (χ4v) is 2.57. The summed E-state index contributed by atoms with van der Waals surface area (Å²) in [6.45, 7) is 11.3. The van der Waals surface area contributed by atoms with Gasteiger partial charge >= 0.3 is 0 Å². The molecule has 1 saturated heterocycles. The molecule has 0 aliphatic carbocycles. The van der Waals surface area contributed by atoms with Crippen molar-refractivity contribution in [2.45, 2.75) is 52.2 Å². The van der Waals surface area contributed by atoms with Gasteiger partial charge in [0.2, 0.25) is 0 Å². The van der Waals surface area contributed by atoms with E-state index in [1.807, 2.05) is 24.8 Å². The first-order chi connectivity index (χ1) is 9.68. The molecule has 1 aliphatic heterocycles. The van der Waals surface area contributed by atoms with Crippen LogP contribution in [0.15, 0.2) is 12.1 Å². The number of hydrogen-bond donors (Lipinski definition) is 0. The molecule has 0 N–H and O–H groups in total. The molecule has 2 rings (SSSR count). The molecule has 2 atom stereocenters. The third-order valence-corrected chi connectivity index (χ3v) is 3.87. The number of morpholine rings is 1. The van der Waals surface area contributed by atoms with E-state index in [1.165, 1.54) is 0 Å². The van der Waals surface area contributed by atoms with Crippen LogP contribution < -0.4 is 0 Å². The van der Waals surface area contributed by atoms with Gasteiger partial charge in [-0.2, -0.15) is 0 Å². The zero-order valence-corrected chi connectivity index (χ0v) is 14.1. The summed E-state index contributed by atoms with van der Waals surface area (Å²) in [5.41, 5.74) is 1.28. The van der Waals surface area contributed by atoms with Crippen molar-refractivity contribution in [2.24, 2.45) is 0 Å². The molecule has 1 fully saturated rings. The Kier molecular flexibility index (Phi) is 4.59. The number of carbonyl (C=O) groups is 1. The maximum absolute atomic E-state index is 12.8. The van der Waals surface area contributed by atoms with Crippen molar-refractivity contribution in [3.05, 3.63) is 28.5 Å². The van der Waals surface area contributed by atoms with E-state index < -0.39 is 0 Å². The Balaban J connectivity index is 2.32. The van der Waals surface area contributed by atoms with E-state index in [4.69, 9.17) is 16.3 Å². The van der Waals surface area contributed by atoms with E-state index in [2.05, 4.69) is 25.8 Å². The highest BCUT2D eigenvalue weighted by molar-refractivity contribution is 6.29. The van der Waals surface area contributed by atoms with E-state index in [0.717, 1.165) is 5.69 Å². The van der Waals surface area contributed by atoms with Crippen LogP contribution in [-0.2, 0) is 10.2 Å². The largest absolute Gasteiger partial charge is 0.375 e.